The zero-order valence-electron chi connectivity index (χ0n) is 15.2. The maximum atomic E-state index is 14.2. The molecule has 6 nitrogen and oxygen atoms in total. The number of halogens is 1. The Labute approximate surface area is 164 Å². The highest BCUT2D eigenvalue weighted by Crippen LogP contribution is 2.15. The third-order valence-corrected chi connectivity index (χ3v) is 4.46. The minimum Gasteiger partial charge on any atom is -0.432 e. The second-order valence-electron chi connectivity index (χ2n) is 6.38. The predicted octanol–water partition coefficient (Wildman–Crippen LogP) is 3.11. The van der Waals surface area contributed by atoms with Crippen LogP contribution in [0.25, 0.3) is 11.1 Å². The van der Waals surface area contributed by atoms with Gasteiger partial charge in [-0.25, -0.2) is 9.38 Å². The van der Waals surface area contributed by atoms with Gasteiger partial charge >= 0.3 is 5.56 Å². The van der Waals surface area contributed by atoms with Gasteiger partial charge in [0.25, 0.3) is 5.55 Å². The molecule has 0 saturated carbocycles. The molecule has 1 heterocycles. The quantitative estimate of drug-likeness (QED) is 0.581. The molecule has 0 atom stereocenters. The molecule has 0 bridgehead atoms. The van der Waals surface area contributed by atoms with Crippen molar-refractivity contribution in [2.45, 2.75) is 6.54 Å². The first kappa shape index (κ1) is 18.4. The lowest BCUT2D eigenvalue weighted by Gasteiger charge is -2.10. The fourth-order valence-corrected chi connectivity index (χ4v) is 2.98. The van der Waals surface area contributed by atoms with Gasteiger partial charge < -0.3 is 10.2 Å². The predicted molar refractivity (Wildman–Crippen MR) is 106 cm³/mol. The molecule has 0 fully saturated rings. The monoisotopic (exact) mass is 389 g/mol. The van der Waals surface area contributed by atoms with Crippen molar-refractivity contribution < 1.29 is 13.6 Å². The number of primary amides is 1. The molecule has 3 aromatic carbocycles. The van der Waals surface area contributed by atoms with E-state index in [4.69, 9.17) is 10.2 Å². The minimum atomic E-state index is -0.556. The van der Waals surface area contributed by atoms with Gasteiger partial charge in [-0.05, 0) is 42.5 Å². The van der Waals surface area contributed by atoms with Crippen LogP contribution in [0.3, 0.4) is 0 Å². The van der Waals surface area contributed by atoms with E-state index in [2.05, 4.69) is 4.99 Å². The second-order valence-corrected chi connectivity index (χ2v) is 6.38. The van der Waals surface area contributed by atoms with Gasteiger partial charge in [0.2, 0.25) is 5.91 Å². The molecule has 1 amide bonds. The van der Waals surface area contributed by atoms with Crippen LogP contribution in [0.2, 0.25) is 0 Å². The number of fused-ring (bicyclic) bond motifs is 1. The average molecular weight is 389 g/mol. The van der Waals surface area contributed by atoms with E-state index in [9.17, 15) is 14.0 Å². The third kappa shape index (κ3) is 3.70. The number of hydrogen-bond donors (Lipinski definition) is 1. The molecule has 29 heavy (non-hydrogen) atoms. The van der Waals surface area contributed by atoms with Crippen molar-refractivity contribution in [2.24, 2.45) is 10.7 Å². The van der Waals surface area contributed by atoms with Crippen LogP contribution in [0.5, 0.6) is 0 Å². The van der Waals surface area contributed by atoms with E-state index < -0.39 is 17.3 Å². The number of para-hydroxylation sites is 2. The largest absolute Gasteiger partial charge is 0.432 e. The minimum absolute atomic E-state index is 0.0332. The summed E-state index contributed by atoms with van der Waals surface area (Å²) in [4.78, 5) is 28.5. The van der Waals surface area contributed by atoms with Crippen molar-refractivity contribution >= 4 is 22.7 Å². The SMILES string of the molecule is NC(=O)c1ccc(N=c2oc3ccccc3n(Cc3ccccc3F)c2=O)cc1. The van der Waals surface area contributed by atoms with Crippen molar-refractivity contribution in [2.75, 3.05) is 0 Å². The summed E-state index contributed by atoms with van der Waals surface area (Å²) >= 11 is 0. The molecular weight excluding hydrogens is 373 g/mol. The molecule has 0 aliphatic heterocycles. The fourth-order valence-electron chi connectivity index (χ4n) is 2.98. The van der Waals surface area contributed by atoms with Crippen molar-refractivity contribution in [1.82, 2.24) is 4.57 Å². The van der Waals surface area contributed by atoms with Crippen LogP contribution in [-0.2, 0) is 6.54 Å². The smallest absolute Gasteiger partial charge is 0.314 e. The standard InChI is InChI=1S/C22H16FN3O3/c23-17-6-2-1-5-15(17)13-26-18-7-3-4-8-19(18)29-21(22(26)28)25-16-11-9-14(10-12-16)20(24)27/h1-12H,13H2,(H2,24,27). The van der Waals surface area contributed by atoms with Gasteiger partial charge in [-0.2, -0.15) is 0 Å². The molecule has 1 aromatic heterocycles. The average Bonchev–Trinajstić information content (AvgIpc) is 2.73. The van der Waals surface area contributed by atoms with Crippen LogP contribution in [0, 0.1) is 5.82 Å². The zero-order chi connectivity index (χ0) is 20.4. The van der Waals surface area contributed by atoms with E-state index in [0.717, 1.165) is 0 Å². The molecule has 0 radical (unpaired) electrons. The first-order valence-electron chi connectivity index (χ1n) is 8.83. The van der Waals surface area contributed by atoms with Crippen molar-refractivity contribution in [1.29, 1.82) is 0 Å². The Kier molecular flexibility index (Phi) is 4.78. The van der Waals surface area contributed by atoms with Crippen LogP contribution >= 0.6 is 0 Å². The Morgan fingerprint density at radius 3 is 2.41 bits per heavy atom. The molecule has 0 saturated heterocycles. The Bertz CT molecular complexity index is 1340. The van der Waals surface area contributed by atoms with Crippen LogP contribution in [0.4, 0.5) is 10.1 Å². The molecule has 7 heteroatoms. The molecule has 0 unspecified atom stereocenters. The number of amides is 1. The Hall–Kier alpha value is -4.00. The van der Waals surface area contributed by atoms with Crippen molar-refractivity contribution in [3.8, 4) is 0 Å². The summed E-state index contributed by atoms with van der Waals surface area (Å²) in [5.41, 5.74) is 6.69. The van der Waals surface area contributed by atoms with Gasteiger partial charge in [0.1, 0.15) is 5.82 Å². The Morgan fingerprint density at radius 1 is 1.00 bits per heavy atom. The van der Waals surface area contributed by atoms with Gasteiger partial charge in [-0.3, -0.25) is 14.2 Å². The summed E-state index contributed by atoms with van der Waals surface area (Å²) in [7, 11) is 0. The fraction of sp³-hybridized carbons (Fsp3) is 0.0455. The first-order chi connectivity index (χ1) is 14.0. The van der Waals surface area contributed by atoms with Gasteiger partial charge in [-0.1, -0.05) is 30.3 Å². The van der Waals surface area contributed by atoms with E-state index >= 15 is 0 Å². The highest BCUT2D eigenvalue weighted by atomic mass is 19.1. The van der Waals surface area contributed by atoms with E-state index in [-0.39, 0.29) is 12.1 Å². The van der Waals surface area contributed by atoms with Crippen LogP contribution < -0.4 is 16.8 Å². The van der Waals surface area contributed by atoms with E-state index in [0.29, 0.717) is 27.9 Å². The first-order valence-corrected chi connectivity index (χ1v) is 8.83. The summed E-state index contributed by atoms with van der Waals surface area (Å²) in [6.07, 6.45) is 0. The maximum absolute atomic E-state index is 14.2. The summed E-state index contributed by atoms with van der Waals surface area (Å²) < 4.78 is 21.3. The van der Waals surface area contributed by atoms with Crippen LogP contribution in [0.1, 0.15) is 15.9 Å². The summed E-state index contributed by atoms with van der Waals surface area (Å²) in [5.74, 6) is -0.955. The number of carbonyl (C=O) groups is 1. The third-order valence-electron chi connectivity index (χ3n) is 4.46. The topological polar surface area (TPSA) is 90.6 Å². The summed E-state index contributed by atoms with van der Waals surface area (Å²) in [6.45, 7) is 0.0332. The molecule has 2 N–H and O–H groups in total. The van der Waals surface area contributed by atoms with E-state index in [1.165, 1.54) is 22.8 Å². The number of nitrogens with zero attached hydrogens (tertiary/aromatic N) is 2. The van der Waals surface area contributed by atoms with Gasteiger partial charge in [0.15, 0.2) is 5.58 Å². The maximum Gasteiger partial charge on any atom is 0.314 e. The molecule has 0 aliphatic rings. The summed E-state index contributed by atoms with van der Waals surface area (Å²) in [6, 6.07) is 19.4. The van der Waals surface area contributed by atoms with Gasteiger partial charge in [-0.15, -0.1) is 0 Å². The lowest BCUT2D eigenvalue weighted by atomic mass is 10.2. The Balaban J connectivity index is 1.90. The molecule has 4 aromatic rings. The van der Waals surface area contributed by atoms with E-state index in [1.54, 1.807) is 54.6 Å². The number of rotatable bonds is 4. The van der Waals surface area contributed by atoms with Crippen LogP contribution in [0.15, 0.2) is 87.0 Å². The zero-order valence-corrected chi connectivity index (χ0v) is 15.2. The van der Waals surface area contributed by atoms with Gasteiger partial charge in [0, 0.05) is 11.1 Å². The lowest BCUT2D eigenvalue weighted by molar-refractivity contribution is 0.100. The molecule has 0 aliphatic carbocycles. The number of carbonyl (C=O) groups excluding carboxylic acids is 1. The van der Waals surface area contributed by atoms with Crippen LogP contribution in [-0.4, -0.2) is 10.5 Å². The molecular formula is C22H16FN3O3. The highest BCUT2D eigenvalue weighted by molar-refractivity contribution is 5.93. The number of benzene rings is 3. The molecule has 0 spiro atoms. The summed E-state index contributed by atoms with van der Waals surface area (Å²) in [5, 5.41) is 0. The Morgan fingerprint density at radius 2 is 1.69 bits per heavy atom. The van der Waals surface area contributed by atoms with E-state index in [1.807, 2.05) is 0 Å². The molecule has 144 valence electrons. The number of nitrogens with two attached hydrogens (primary N) is 1. The highest BCUT2D eigenvalue weighted by Gasteiger charge is 2.11. The normalized spacial score (nSPS) is 11.7. The van der Waals surface area contributed by atoms with Crippen molar-refractivity contribution in [3.63, 3.8) is 0 Å². The van der Waals surface area contributed by atoms with Crippen molar-refractivity contribution in [3.05, 3.63) is 106 Å². The number of hydrogen-bond acceptors (Lipinski definition) is 4. The molecule has 4 rings (SSSR count). The van der Waals surface area contributed by atoms with Gasteiger partial charge in [0.05, 0.1) is 17.7 Å². The lowest BCUT2D eigenvalue weighted by Crippen LogP contribution is -2.35. The second kappa shape index (κ2) is 7.55. The number of aromatic nitrogens is 1.